The molecule has 1 aromatic carbocycles. The molecule has 1 aromatic rings. The van der Waals surface area contributed by atoms with Gasteiger partial charge in [-0.3, -0.25) is 0 Å². The standard InChI is InChI=1S/C13H20FNOS/c1-4-17-8-9(2)15-10(3)12-6-5-11(16)7-13(12)14/h5-7,9-10,15-16H,4,8H2,1-3H3. The Labute approximate surface area is 107 Å². The van der Waals surface area contributed by atoms with Crippen LogP contribution < -0.4 is 5.32 Å². The summed E-state index contributed by atoms with van der Waals surface area (Å²) in [5, 5.41) is 12.5. The summed E-state index contributed by atoms with van der Waals surface area (Å²) in [7, 11) is 0. The Morgan fingerprint density at radius 2 is 2.12 bits per heavy atom. The van der Waals surface area contributed by atoms with E-state index in [4.69, 9.17) is 5.11 Å². The molecule has 0 amide bonds. The average molecular weight is 257 g/mol. The molecular weight excluding hydrogens is 237 g/mol. The zero-order valence-corrected chi connectivity index (χ0v) is 11.4. The first-order valence-corrected chi connectivity index (χ1v) is 7.02. The van der Waals surface area contributed by atoms with E-state index in [9.17, 15) is 4.39 Å². The number of hydrogen-bond acceptors (Lipinski definition) is 3. The third-order valence-corrected chi connectivity index (χ3v) is 3.70. The van der Waals surface area contributed by atoms with Crippen LogP contribution in [-0.2, 0) is 0 Å². The lowest BCUT2D eigenvalue weighted by atomic mass is 10.1. The number of halogens is 1. The van der Waals surface area contributed by atoms with Crippen LogP contribution in [0.25, 0.3) is 0 Å². The third-order valence-electron chi connectivity index (χ3n) is 2.56. The molecule has 0 spiro atoms. The van der Waals surface area contributed by atoms with Crippen LogP contribution in [0.1, 0.15) is 32.4 Å². The van der Waals surface area contributed by atoms with E-state index in [1.807, 2.05) is 18.7 Å². The highest BCUT2D eigenvalue weighted by molar-refractivity contribution is 7.99. The normalized spacial score (nSPS) is 14.6. The molecule has 0 aliphatic heterocycles. The smallest absolute Gasteiger partial charge is 0.131 e. The number of phenols is 1. The SMILES string of the molecule is CCSCC(C)NC(C)c1ccc(O)cc1F. The summed E-state index contributed by atoms with van der Waals surface area (Å²) in [6.45, 7) is 6.15. The first-order chi connectivity index (χ1) is 8.04. The Kier molecular flexibility index (Phi) is 5.78. The van der Waals surface area contributed by atoms with Crippen molar-refractivity contribution in [3.63, 3.8) is 0 Å². The zero-order chi connectivity index (χ0) is 12.8. The van der Waals surface area contributed by atoms with Gasteiger partial charge in [0.1, 0.15) is 11.6 Å². The fourth-order valence-corrected chi connectivity index (χ4v) is 2.41. The predicted molar refractivity (Wildman–Crippen MR) is 72.1 cm³/mol. The second-order valence-corrected chi connectivity index (χ2v) is 5.47. The van der Waals surface area contributed by atoms with Gasteiger partial charge in [-0.2, -0.15) is 11.8 Å². The van der Waals surface area contributed by atoms with Crippen molar-refractivity contribution >= 4 is 11.8 Å². The first kappa shape index (κ1) is 14.3. The lowest BCUT2D eigenvalue weighted by Gasteiger charge is -2.20. The molecule has 2 nitrogen and oxygen atoms in total. The molecule has 0 fully saturated rings. The number of phenolic OH excluding ortho intramolecular Hbond substituents is 1. The topological polar surface area (TPSA) is 32.3 Å². The van der Waals surface area contributed by atoms with Gasteiger partial charge in [-0.15, -0.1) is 0 Å². The quantitative estimate of drug-likeness (QED) is 0.820. The maximum Gasteiger partial charge on any atom is 0.131 e. The maximum absolute atomic E-state index is 13.6. The maximum atomic E-state index is 13.6. The molecule has 1 rings (SSSR count). The predicted octanol–water partition coefficient (Wildman–Crippen LogP) is 3.32. The Morgan fingerprint density at radius 3 is 2.71 bits per heavy atom. The number of benzene rings is 1. The summed E-state index contributed by atoms with van der Waals surface area (Å²) in [4.78, 5) is 0. The van der Waals surface area contributed by atoms with Crippen LogP contribution in [0.2, 0.25) is 0 Å². The minimum Gasteiger partial charge on any atom is -0.508 e. The summed E-state index contributed by atoms with van der Waals surface area (Å²) in [6, 6.07) is 4.58. The van der Waals surface area contributed by atoms with Crippen molar-refractivity contribution in [3.8, 4) is 5.75 Å². The molecule has 96 valence electrons. The summed E-state index contributed by atoms with van der Waals surface area (Å²) in [5.74, 6) is 1.71. The third kappa shape index (κ3) is 4.56. The molecule has 0 aliphatic rings. The van der Waals surface area contributed by atoms with E-state index in [2.05, 4.69) is 19.2 Å². The Balaban J connectivity index is 2.60. The van der Waals surface area contributed by atoms with Crippen molar-refractivity contribution in [2.75, 3.05) is 11.5 Å². The van der Waals surface area contributed by atoms with Gasteiger partial charge in [0.25, 0.3) is 0 Å². The Bertz CT molecular complexity index is 359. The highest BCUT2D eigenvalue weighted by atomic mass is 32.2. The fraction of sp³-hybridized carbons (Fsp3) is 0.538. The second kappa shape index (κ2) is 6.87. The van der Waals surface area contributed by atoms with Gasteiger partial charge in [-0.1, -0.05) is 13.0 Å². The number of hydrogen-bond donors (Lipinski definition) is 2. The van der Waals surface area contributed by atoms with Gasteiger partial charge in [0.05, 0.1) is 0 Å². The molecule has 0 saturated heterocycles. The van der Waals surface area contributed by atoms with Crippen LogP contribution >= 0.6 is 11.8 Å². The molecular formula is C13H20FNOS. The molecule has 2 unspecified atom stereocenters. The van der Waals surface area contributed by atoms with Crippen LogP contribution in [0.5, 0.6) is 5.75 Å². The number of thioether (sulfide) groups is 1. The molecule has 4 heteroatoms. The molecule has 2 atom stereocenters. The van der Waals surface area contributed by atoms with E-state index in [-0.39, 0.29) is 17.6 Å². The van der Waals surface area contributed by atoms with Gasteiger partial charge in [0.2, 0.25) is 0 Å². The van der Waals surface area contributed by atoms with E-state index in [1.165, 1.54) is 6.07 Å². The average Bonchev–Trinajstić information content (AvgIpc) is 2.26. The number of aromatic hydroxyl groups is 1. The van der Waals surface area contributed by atoms with Crippen LogP contribution in [0.3, 0.4) is 0 Å². The van der Waals surface area contributed by atoms with Gasteiger partial charge in [0, 0.05) is 29.5 Å². The lowest BCUT2D eigenvalue weighted by molar-refractivity contribution is 0.458. The van der Waals surface area contributed by atoms with Crippen molar-refractivity contribution in [1.82, 2.24) is 5.32 Å². The van der Waals surface area contributed by atoms with Crippen LogP contribution in [-0.4, -0.2) is 22.7 Å². The van der Waals surface area contributed by atoms with Crippen molar-refractivity contribution in [2.45, 2.75) is 32.9 Å². The molecule has 0 aliphatic carbocycles. The van der Waals surface area contributed by atoms with Crippen molar-refractivity contribution in [2.24, 2.45) is 0 Å². The molecule has 0 bridgehead atoms. The number of rotatable bonds is 6. The van der Waals surface area contributed by atoms with E-state index in [0.717, 1.165) is 17.6 Å². The summed E-state index contributed by atoms with van der Waals surface area (Å²) < 4.78 is 13.6. The molecule has 0 aromatic heterocycles. The highest BCUT2D eigenvalue weighted by Crippen LogP contribution is 2.21. The van der Waals surface area contributed by atoms with Gasteiger partial charge in [-0.25, -0.2) is 4.39 Å². The molecule has 0 heterocycles. The van der Waals surface area contributed by atoms with Crippen LogP contribution in [0.15, 0.2) is 18.2 Å². The molecule has 17 heavy (non-hydrogen) atoms. The molecule has 0 saturated carbocycles. The van der Waals surface area contributed by atoms with Gasteiger partial charge >= 0.3 is 0 Å². The number of nitrogens with one attached hydrogen (secondary N) is 1. The van der Waals surface area contributed by atoms with Crippen LogP contribution in [0, 0.1) is 5.82 Å². The van der Waals surface area contributed by atoms with Gasteiger partial charge < -0.3 is 10.4 Å². The summed E-state index contributed by atoms with van der Waals surface area (Å²) in [6.07, 6.45) is 0. The summed E-state index contributed by atoms with van der Waals surface area (Å²) in [5.41, 5.74) is 0.594. The summed E-state index contributed by atoms with van der Waals surface area (Å²) >= 11 is 1.86. The van der Waals surface area contributed by atoms with Crippen LogP contribution in [0.4, 0.5) is 4.39 Å². The van der Waals surface area contributed by atoms with E-state index in [0.29, 0.717) is 11.6 Å². The Hall–Kier alpha value is -0.740. The molecule has 0 radical (unpaired) electrons. The van der Waals surface area contributed by atoms with Crippen molar-refractivity contribution in [3.05, 3.63) is 29.6 Å². The first-order valence-electron chi connectivity index (χ1n) is 5.86. The zero-order valence-electron chi connectivity index (χ0n) is 10.5. The van der Waals surface area contributed by atoms with Gasteiger partial charge in [-0.05, 0) is 25.7 Å². The minimum atomic E-state index is -0.361. The second-order valence-electron chi connectivity index (χ2n) is 4.15. The fourth-order valence-electron chi connectivity index (χ4n) is 1.73. The lowest BCUT2D eigenvalue weighted by Crippen LogP contribution is -2.31. The minimum absolute atomic E-state index is 0.0342. The largest absolute Gasteiger partial charge is 0.508 e. The monoisotopic (exact) mass is 257 g/mol. The van der Waals surface area contributed by atoms with Crippen molar-refractivity contribution < 1.29 is 9.50 Å². The molecule has 2 N–H and O–H groups in total. The Morgan fingerprint density at radius 1 is 1.41 bits per heavy atom. The highest BCUT2D eigenvalue weighted by Gasteiger charge is 2.13. The van der Waals surface area contributed by atoms with E-state index < -0.39 is 0 Å². The van der Waals surface area contributed by atoms with Gasteiger partial charge in [0.15, 0.2) is 0 Å². The van der Waals surface area contributed by atoms with Crippen molar-refractivity contribution in [1.29, 1.82) is 0 Å². The van der Waals surface area contributed by atoms with E-state index >= 15 is 0 Å². The van der Waals surface area contributed by atoms with E-state index in [1.54, 1.807) is 6.07 Å².